The fourth-order valence-corrected chi connectivity index (χ4v) is 7.82. The van der Waals surface area contributed by atoms with E-state index in [0.29, 0.717) is 16.9 Å². The number of amides is 4. The second-order valence-electron chi connectivity index (χ2n) is 15.6. The summed E-state index contributed by atoms with van der Waals surface area (Å²) in [4.78, 5) is 98.5. The standard InChI is InChI=1S/C45H55N5O19S2/c1-25(51)63-24-36-40(64-26(2)52)41(65-27(3)53)39(56)45(67-36)66-34-12-8-9-13-35(34)69-71(61,62)68-30-16-14-29(15-17-30)20-31(46)42(57)48-22-37(54)47-23-38(55)49-33(21-28-10-6-5-7-11-28)43(58)50-32(44(59)60)18-19-70-4/h5-17,31-33,36,39-41,45,56H,18-24,46H2,1-4H3,(H,47,54)(H,48,57)(H,49,55)(H,50,58)(H,59,60)/t31-,32-,33-,36+,39?,40-,41+,45?/m0/s1. The van der Waals surface area contributed by atoms with Gasteiger partial charge in [-0.1, -0.05) is 54.6 Å². The molecular formula is C45H55N5O19S2. The van der Waals surface area contributed by atoms with E-state index >= 15 is 0 Å². The Balaban J connectivity index is 1.29. The van der Waals surface area contributed by atoms with Gasteiger partial charge in [0.15, 0.2) is 29.8 Å². The van der Waals surface area contributed by atoms with Crippen molar-refractivity contribution in [1.29, 1.82) is 0 Å². The number of thioether (sulfide) groups is 1. The van der Waals surface area contributed by atoms with Gasteiger partial charge in [0.05, 0.1) is 19.1 Å². The van der Waals surface area contributed by atoms with Crippen LogP contribution in [-0.2, 0) is 80.5 Å². The quantitative estimate of drug-likeness (QED) is 0.0391. The lowest BCUT2D eigenvalue weighted by Crippen LogP contribution is -2.62. The number of ether oxygens (including phenoxy) is 5. The van der Waals surface area contributed by atoms with E-state index in [-0.39, 0.29) is 30.8 Å². The van der Waals surface area contributed by atoms with Crippen molar-refractivity contribution in [2.24, 2.45) is 5.73 Å². The summed E-state index contributed by atoms with van der Waals surface area (Å²) in [5, 5.41) is 30.4. The zero-order valence-electron chi connectivity index (χ0n) is 38.8. The van der Waals surface area contributed by atoms with E-state index in [1.54, 1.807) is 36.6 Å². The highest BCUT2D eigenvalue weighted by atomic mass is 32.3. The minimum absolute atomic E-state index is 0.0324. The van der Waals surface area contributed by atoms with E-state index in [9.17, 15) is 57.0 Å². The minimum atomic E-state index is -4.91. The second kappa shape index (κ2) is 27.4. The molecule has 0 aliphatic carbocycles. The van der Waals surface area contributed by atoms with Crippen LogP contribution < -0.4 is 40.1 Å². The van der Waals surface area contributed by atoms with Gasteiger partial charge in [0.25, 0.3) is 0 Å². The Bertz CT molecular complexity index is 2450. The van der Waals surface area contributed by atoms with Gasteiger partial charge in [0.2, 0.25) is 29.9 Å². The molecular weight excluding hydrogens is 979 g/mol. The molecule has 2 unspecified atom stereocenters. The SMILES string of the molecule is CSCC[C@H](NC(=O)[C@H](Cc1ccccc1)NC(=O)CNC(=O)CNC(=O)[C@@H](N)Cc1ccc(OS(=O)(=O)Oc2ccccc2OC2O[C@H](COC(C)=O)[C@H](OC(C)=O)[C@H](OC(C)=O)C2O)cc1)C(=O)O. The molecule has 71 heavy (non-hydrogen) atoms. The number of esters is 3. The van der Waals surface area contributed by atoms with Gasteiger partial charge in [-0.3, -0.25) is 33.6 Å². The average Bonchev–Trinajstić information content (AvgIpc) is 3.31. The summed E-state index contributed by atoms with van der Waals surface area (Å²) in [5.41, 5.74) is 7.20. The van der Waals surface area contributed by atoms with Gasteiger partial charge in [0.1, 0.15) is 30.5 Å². The molecule has 8 N–H and O–H groups in total. The maximum atomic E-state index is 13.1. The summed E-state index contributed by atoms with van der Waals surface area (Å²) >= 11 is 1.41. The van der Waals surface area contributed by atoms with E-state index < -0.39 is 132 Å². The minimum Gasteiger partial charge on any atom is -0.480 e. The first-order valence-electron chi connectivity index (χ1n) is 21.6. The molecule has 1 saturated heterocycles. The van der Waals surface area contributed by atoms with Crippen LogP contribution in [0, 0.1) is 0 Å². The lowest BCUT2D eigenvalue weighted by molar-refractivity contribution is -0.285. The first-order valence-corrected chi connectivity index (χ1v) is 24.3. The third-order valence-corrected chi connectivity index (χ3v) is 11.3. The topological polar surface area (TPSA) is 350 Å². The molecule has 386 valence electrons. The highest BCUT2D eigenvalue weighted by molar-refractivity contribution is 7.98. The van der Waals surface area contributed by atoms with Crippen molar-refractivity contribution in [1.82, 2.24) is 21.3 Å². The van der Waals surface area contributed by atoms with Crippen LogP contribution in [0.4, 0.5) is 0 Å². The van der Waals surface area contributed by atoms with Crippen molar-refractivity contribution in [2.45, 2.75) is 88.9 Å². The lowest BCUT2D eigenvalue weighted by atomic mass is 9.98. The van der Waals surface area contributed by atoms with Crippen molar-refractivity contribution >= 4 is 69.7 Å². The molecule has 1 aliphatic heterocycles. The van der Waals surface area contributed by atoms with Gasteiger partial charge >= 0.3 is 34.3 Å². The van der Waals surface area contributed by atoms with Crippen molar-refractivity contribution < 1.29 is 89.0 Å². The van der Waals surface area contributed by atoms with E-state index in [2.05, 4.69) is 21.3 Å². The molecule has 3 aromatic carbocycles. The third kappa shape index (κ3) is 19.0. The van der Waals surface area contributed by atoms with E-state index in [1.807, 2.05) is 0 Å². The van der Waals surface area contributed by atoms with Gasteiger partial charge in [-0.15, -0.1) is 8.42 Å². The molecule has 0 bridgehead atoms. The number of carbonyl (C=O) groups is 8. The Hall–Kier alpha value is -7.00. The second-order valence-corrected chi connectivity index (χ2v) is 17.7. The van der Waals surface area contributed by atoms with Crippen LogP contribution in [-0.4, -0.2) is 147 Å². The normalized spacial score (nSPS) is 18.7. The molecule has 26 heteroatoms. The summed E-state index contributed by atoms with van der Waals surface area (Å²) in [6, 6.07) is 15.7. The van der Waals surface area contributed by atoms with Gasteiger partial charge < -0.3 is 69.3 Å². The molecule has 8 atom stereocenters. The van der Waals surface area contributed by atoms with Crippen LogP contribution in [0.5, 0.6) is 17.2 Å². The highest BCUT2D eigenvalue weighted by Gasteiger charge is 2.51. The van der Waals surface area contributed by atoms with Crippen LogP contribution in [0.2, 0.25) is 0 Å². The highest BCUT2D eigenvalue weighted by Crippen LogP contribution is 2.34. The molecule has 0 radical (unpaired) electrons. The molecule has 1 fully saturated rings. The summed E-state index contributed by atoms with van der Waals surface area (Å²) in [7, 11) is -4.91. The number of para-hydroxylation sites is 2. The van der Waals surface area contributed by atoms with E-state index in [0.717, 1.165) is 20.8 Å². The molecule has 4 rings (SSSR count). The number of hydrogen-bond donors (Lipinski definition) is 7. The average molecular weight is 1030 g/mol. The summed E-state index contributed by atoms with van der Waals surface area (Å²) in [6.45, 7) is 1.52. The Morgan fingerprint density at radius 2 is 1.32 bits per heavy atom. The number of nitrogens with two attached hydrogens (primary N) is 1. The monoisotopic (exact) mass is 1030 g/mol. The van der Waals surface area contributed by atoms with Gasteiger partial charge in [-0.2, -0.15) is 11.8 Å². The predicted molar refractivity (Wildman–Crippen MR) is 248 cm³/mol. The summed E-state index contributed by atoms with van der Waals surface area (Å²) < 4.78 is 63.5. The third-order valence-electron chi connectivity index (χ3n) is 9.90. The van der Waals surface area contributed by atoms with Crippen molar-refractivity contribution in [2.75, 3.05) is 31.7 Å². The van der Waals surface area contributed by atoms with Crippen LogP contribution in [0.15, 0.2) is 78.9 Å². The Morgan fingerprint density at radius 3 is 1.94 bits per heavy atom. The zero-order valence-corrected chi connectivity index (χ0v) is 40.4. The fourth-order valence-electron chi connectivity index (χ4n) is 6.61. The van der Waals surface area contributed by atoms with Crippen molar-refractivity contribution in [3.8, 4) is 17.2 Å². The molecule has 0 spiro atoms. The molecule has 1 heterocycles. The largest absolute Gasteiger partial charge is 0.501 e. The molecule has 1 aliphatic rings. The van der Waals surface area contributed by atoms with Crippen LogP contribution in [0.3, 0.4) is 0 Å². The van der Waals surface area contributed by atoms with Crippen molar-refractivity contribution in [3.63, 3.8) is 0 Å². The number of carbonyl (C=O) groups excluding carboxylic acids is 7. The number of carboxylic acids is 1. The number of aliphatic carboxylic acids is 1. The van der Waals surface area contributed by atoms with Crippen LogP contribution in [0.25, 0.3) is 0 Å². The number of rotatable bonds is 26. The number of nitrogens with one attached hydrogen (secondary N) is 4. The number of carboxylic acid groups (broad SMARTS) is 1. The molecule has 4 amide bonds. The summed E-state index contributed by atoms with van der Waals surface area (Å²) in [5.74, 6) is -7.18. The van der Waals surface area contributed by atoms with Gasteiger partial charge in [-0.05, 0) is 60.2 Å². The Morgan fingerprint density at radius 1 is 0.718 bits per heavy atom. The smallest absolute Gasteiger partial charge is 0.480 e. The first kappa shape index (κ1) is 56.6. The molecule has 3 aromatic rings. The molecule has 24 nitrogen and oxygen atoms in total. The summed E-state index contributed by atoms with van der Waals surface area (Å²) in [6.07, 6.45) is -6.04. The number of aliphatic hydroxyl groups is 1. The lowest BCUT2D eigenvalue weighted by Gasteiger charge is -2.42. The number of aliphatic hydroxyl groups excluding tert-OH is 1. The van der Waals surface area contributed by atoms with Crippen molar-refractivity contribution in [3.05, 3.63) is 90.0 Å². The predicted octanol–water partition coefficient (Wildman–Crippen LogP) is -0.567. The van der Waals surface area contributed by atoms with E-state index in [1.165, 1.54) is 60.3 Å². The Labute approximate surface area is 412 Å². The maximum absolute atomic E-state index is 13.1. The Kier molecular flexibility index (Phi) is 21.8. The van der Waals surface area contributed by atoms with E-state index in [4.69, 9.17) is 37.8 Å². The zero-order chi connectivity index (χ0) is 52.3. The number of benzene rings is 3. The molecule has 0 aromatic heterocycles. The van der Waals surface area contributed by atoms with Crippen LogP contribution in [0.1, 0.15) is 38.3 Å². The maximum Gasteiger partial charge on any atom is 0.501 e. The molecule has 0 saturated carbocycles. The van der Waals surface area contributed by atoms with Gasteiger partial charge in [-0.25, -0.2) is 4.79 Å². The fraction of sp³-hybridized carbons (Fsp3) is 0.422. The number of hydrogen-bond acceptors (Lipinski definition) is 20. The van der Waals surface area contributed by atoms with Gasteiger partial charge in [0, 0.05) is 27.2 Å². The first-order chi connectivity index (χ1) is 33.6. The van der Waals surface area contributed by atoms with Crippen LogP contribution >= 0.6 is 11.8 Å².